The highest BCUT2D eigenvalue weighted by Gasteiger charge is 2.20. The first-order valence-corrected chi connectivity index (χ1v) is 10.3. The second-order valence-electron chi connectivity index (χ2n) is 7.20. The van der Waals surface area contributed by atoms with Crippen LogP contribution in [0.4, 0.5) is 20.4 Å². The average molecular weight is 441 g/mol. The SMILES string of the molecule is CCC(C=O)CCN(C)c1ccc(Oc2ncccc2-c2ccnc(NC)n2)c(F)c1F. The van der Waals surface area contributed by atoms with Crippen molar-refractivity contribution in [1.82, 2.24) is 15.0 Å². The third-order valence-corrected chi connectivity index (χ3v) is 5.12. The molecule has 0 bridgehead atoms. The lowest BCUT2D eigenvalue weighted by molar-refractivity contribution is -0.111. The summed E-state index contributed by atoms with van der Waals surface area (Å²) in [5.74, 6) is -2.05. The van der Waals surface area contributed by atoms with Crippen LogP contribution in [0.2, 0.25) is 0 Å². The van der Waals surface area contributed by atoms with E-state index >= 15 is 0 Å². The molecule has 0 aliphatic heterocycles. The molecule has 2 heterocycles. The van der Waals surface area contributed by atoms with E-state index in [4.69, 9.17) is 4.74 Å². The third-order valence-electron chi connectivity index (χ3n) is 5.12. The van der Waals surface area contributed by atoms with E-state index in [1.807, 2.05) is 6.92 Å². The van der Waals surface area contributed by atoms with E-state index in [0.717, 1.165) is 6.29 Å². The lowest BCUT2D eigenvalue weighted by Gasteiger charge is -2.22. The quantitative estimate of drug-likeness (QED) is 0.457. The van der Waals surface area contributed by atoms with E-state index < -0.39 is 11.6 Å². The van der Waals surface area contributed by atoms with Crippen molar-refractivity contribution in [3.63, 3.8) is 0 Å². The molecule has 3 aromatic rings. The molecule has 3 rings (SSSR count). The van der Waals surface area contributed by atoms with Gasteiger partial charge in [-0.25, -0.2) is 19.3 Å². The van der Waals surface area contributed by atoms with Crippen molar-refractivity contribution < 1.29 is 18.3 Å². The smallest absolute Gasteiger partial charge is 0.228 e. The molecule has 2 aromatic heterocycles. The minimum absolute atomic E-state index is 0.0874. The molecular weight excluding hydrogens is 416 g/mol. The van der Waals surface area contributed by atoms with Gasteiger partial charge in [-0.1, -0.05) is 6.92 Å². The van der Waals surface area contributed by atoms with Gasteiger partial charge in [0.1, 0.15) is 6.29 Å². The van der Waals surface area contributed by atoms with Gasteiger partial charge < -0.3 is 19.7 Å². The normalized spacial score (nSPS) is 11.7. The summed E-state index contributed by atoms with van der Waals surface area (Å²) in [5, 5.41) is 2.85. The van der Waals surface area contributed by atoms with Gasteiger partial charge in [-0.05, 0) is 43.2 Å². The summed E-state index contributed by atoms with van der Waals surface area (Å²) >= 11 is 0. The molecule has 1 aromatic carbocycles. The van der Waals surface area contributed by atoms with Crippen molar-refractivity contribution in [3.05, 3.63) is 54.4 Å². The van der Waals surface area contributed by atoms with Gasteiger partial charge in [0.05, 0.1) is 16.9 Å². The number of nitrogens with zero attached hydrogens (tertiary/aromatic N) is 4. The molecule has 0 saturated carbocycles. The molecular formula is C23H25F2N5O2. The first-order chi connectivity index (χ1) is 15.5. The highest BCUT2D eigenvalue weighted by Crippen LogP contribution is 2.34. The summed E-state index contributed by atoms with van der Waals surface area (Å²) in [6.45, 7) is 2.33. The third kappa shape index (κ3) is 5.16. The maximum atomic E-state index is 14.8. The molecule has 32 heavy (non-hydrogen) atoms. The van der Waals surface area contributed by atoms with Crippen LogP contribution in [0.1, 0.15) is 19.8 Å². The largest absolute Gasteiger partial charge is 0.435 e. The van der Waals surface area contributed by atoms with E-state index in [-0.39, 0.29) is 23.2 Å². The number of carbonyl (C=O) groups is 1. The van der Waals surface area contributed by atoms with Gasteiger partial charge in [-0.2, -0.15) is 4.39 Å². The number of benzene rings is 1. The number of pyridine rings is 1. The number of aldehydes is 1. The van der Waals surface area contributed by atoms with Crippen LogP contribution in [0, 0.1) is 17.6 Å². The van der Waals surface area contributed by atoms with Gasteiger partial charge in [0.15, 0.2) is 11.6 Å². The molecule has 1 unspecified atom stereocenters. The molecule has 0 fully saturated rings. The van der Waals surface area contributed by atoms with Crippen LogP contribution in [0.15, 0.2) is 42.7 Å². The number of halogens is 2. The second-order valence-corrected chi connectivity index (χ2v) is 7.20. The van der Waals surface area contributed by atoms with E-state index in [0.29, 0.717) is 36.6 Å². The average Bonchev–Trinajstić information content (AvgIpc) is 2.83. The standard InChI is InChI=1S/C23H25F2N5O2/c1-4-15(14-31)10-13-30(3)18-7-8-19(21(25)20(18)24)32-22-16(6-5-11-27-22)17-9-12-28-23(26-2)29-17/h5-9,11-12,14-15H,4,10,13H2,1-3H3,(H,26,28,29). The molecule has 0 radical (unpaired) electrons. The minimum Gasteiger partial charge on any atom is -0.435 e. The van der Waals surface area contributed by atoms with E-state index in [9.17, 15) is 13.6 Å². The fourth-order valence-electron chi connectivity index (χ4n) is 3.14. The predicted molar refractivity (Wildman–Crippen MR) is 119 cm³/mol. The van der Waals surface area contributed by atoms with Crippen LogP contribution in [0.5, 0.6) is 11.6 Å². The molecule has 0 saturated heterocycles. The number of hydrogen-bond donors (Lipinski definition) is 1. The van der Waals surface area contributed by atoms with Gasteiger partial charge in [0, 0.05) is 39.0 Å². The number of anilines is 2. The summed E-state index contributed by atoms with van der Waals surface area (Å²) in [7, 11) is 3.35. The molecule has 1 atom stereocenters. The Morgan fingerprint density at radius 3 is 2.69 bits per heavy atom. The molecule has 0 aliphatic rings. The number of aromatic nitrogens is 3. The van der Waals surface area contributed by atoms with Gasteiger partial charge in [0.2, 0.25) is 17.6 Å². The molecule has 0 spiro atoms. The Balaban J connectivity index is 1.85. The van der Waals surface area contributed by atoms with Crippen LogP contribution >= 0.6 is 0 Å². The molecule has 168 valence electrons. The van der Waals surface area contributed by atoms with Crippen molar-refractivity contribution in [2.45, 2.75) is 19.8 Å². The van der Waals surface area contributed by atoms with E-state index in [1.54, 1.807) is 43.4 Å². The number of ether oxygens (including phenoxy) is 1. The van der Waals surface area contributed by atoms with Crippen LogP contribution < -0.4 is 15.0 Å². The van der Waals surface area contributed by atoms with Crippen LogP contribution in [0.3, 0.4) is 0 Å². The van der Waals surface area contributed by atoms with Crippen LogP contribution in [0.25, 0.3) is 11.3 Å². The van der Waals surface area contributed by atoms with Gasteiger partial charge in [-0.3, -0.25) is 0 Å². The summed E-state index contributed by atoms with van der Waals surface area (Å²) in [6.07, 6.45) is 5.22. The Labute approximate surface area is 185 Å². The lowest BCUT2D eigenvalue weighted by atomic mass is 10.0. The first-order valence-electron chi connectivity index (χ1n) is 10.3. The highest BCUT2D eigenvalue weighted by molar-refractivity contribution is 5.66. The second kappa shape index (κ2) is 10.6. The topological polar surface area (TPSA) is 80.2 Å². The summed E-state index contributed by atoms with van der Waals surface area (Å²) in [5.41, 5.74) is 1.11. The minimum atomic E-state index is -1.12. The molecule has 0 amide bonds. The van der Waals surface area contributed by atoms with Crippen molar-refractivity contribution in [1.29, 1.82) is 0 Å². The maximum absolute atomic E-state index is 14.8. The van der Waals surface area contributed by atoms with Gasteiger partial charge in [-0.15, -0.1) is 0 Å². The van der Waals surface area contributed by atoms with E-state index in [1.165, 1.54) is 18.3 Å². The van der Waals surface area contributed by atoms with Crippen molar-refractivity contribution in [2.24, 2.45) is 5.92 Å². The Kier molecular flexibility index (Phi) is 7.64. The lowest BCUT2D eigenvalue weighted by Crippen LogP contribution is -2.22. The number of nitrogens with one attached hydrogen (secondary N) is 1. The zero-order valence-electron chi connectivity index (χ0n) is 18.2. The highest BCUT2D eigenvalue weighted by atomic mass is 19.2. The Hall–Kier alpha value is -3.62. The maximum Gasteiger partial charge on any atom is 0.228 e. The Morgan fingerprint density at radius 2 is 1.97 bits per heavy atom. The number of carbonyl (C=O) groups excluding carboxylic acids is 1. The molecule has 9 heteroatoms. The summed E-state index contributed by atoms with van der Waals surface area (Å²) < 4.78 is 35.3. The zero-order valence-corrected chi connectivity index (χ0v) is 18.2. The van der Waals surface area contributed by atoms with E-state index in [2.05, 4.69) is 20.3 Å². The van der Waals surface area contributed by atoms with Gasteiger partial charge >= 0.3 is 0 Å². The van der Waals surface area contributed by atoms with Crippen LogP contribution in [-0.4, -0.2) is 41.9 Å². The van der Waals surface area contributed by atoms with Gasteiger partial charge in [0.25, 0.3) is 0 Å². The fourth-order valence-corrected chi connectivity index (χ4v) is 3.14. The molecule has 0 aliphatic carbocycles. The van der Waals surface area contributed by atoms with Crippen molar-refractivity contribution in [2.75, 3.05) is 30.9 Å². The number of hydrogen-bond acceptors (Lipinski definition) is 7. The zero-order chi connectivity index (χ0) is 23.1. The Morgan fingerprint density at radius 1 is 1.16 bits per heavy atom. The fraction of sp³-hybridized carbons (Fsp3) is 0.304. The molecule has 1 N–H and O–H groups in total. The molecule has 7 nitrogen and oxygen atoms in total. The first kappa shape index (κ1) is 23.1. The van der Waals surface area contributed by atoms with Crippen molar-refractivity contribution >= 4 is 17.9 Å². The van der Waals surface area contributed by atoms with Crippen LogP contribution in [-0.2, 0) is 4.79 Å². The predicted octanol–water partition coefficient (Wildman–Crippen LogP) is 4.70. The summed E-state index contributed by atoms with van der Waals surface area (Å²) in [6, 6.07) is 7.89. The monoisotopic (exact) mass is 441 g/mol. The van der Waals surface area contributed by atoms with Crippen molar-refractivity contribution in [3.8, 4) is 22.9 Å². The Bertz CT molecular complexity index is 1080. The number of rotatable bonds is 10. The summed E-state index contributed by atoms with van der Waals surface area (Å²) in [4.78, 5) is 25.2.